The fourth-order valence-corrected chi connectivity index (χ4v) is 2.33. The molecule has 0 aliphatic carbocycles. The zero-order chi connectivity index (χ0) is 16.7. The molecule has 2 aromatic carbocycles. The molecule has 0 bridgehead atoms. The van der Waals surface area contributed by atoms with Crippen molar-refractivity contribution < 1.29 is 14.6 Å². The van der Waals surface area contributed by atoms with Gasteiger partial charge in [-0.3, -0.25) is 0 Å². The van der Waals surface area contributed by atoms with E-state index < -0.39 is 0 Å². The minimum atomic E-state index is -0.366. The first kappa shape index (κ1) is 20.6. The molecule has 0 heterocycles. The van der Waals surface area contributed by atoms with Crippen molar-refractivity contribution in [3.8, 4) is 11.5 Å². The summed E-state index contributed by atoms with van der Waals surface area (Å²) in [4.78, 5) is 0. The van der Waals surface area contributed by atoms with E-state index in [0.717, 1.165) is 11.1 Å². The number of benzene rings is 2. The first-order chi connectivity index (χ1) is 11.1. The Kier molecular flexibility index (Phi) is 8.93. The molecule has 0 saturated carbocycles. The molecular weight excluding hydrogens is 349 g/mol. The highest BCUT2D eigenvalue weighted by Gasteiger charge is 2.08. The van der Waals surface area contributed by atoms with Crippen LogP contribution in [0.15, 0.2) is 42.5 Å². The number of aliphatic hydroxyl groups is 1. The number of aliphatic hydroxyl groups excluding tert-OH is 1. The second-order valence-electron chi connectivity index (χ2n) is 5.35. The summed E-state index contributed by atoms with van der Waals surface area (Å²) in [5.74, 6) is 1.35. The Morgan fingerprint density at radius 3 is 2.58 bits per heavy atom. The highest BCUT2D eigenvalue weighted by molar-refractivity contribution is 6.31. The molecule has 1 atom stereocenters. The minimum absolute atomic E-state index is 0. The predicted molar refractivity (Wildman–Crippen MR) is 99.4 cm³/mol. The lowest BCUT2D eigenvalue weighted by Gasteiger charge is -2.13. The number of nitrogens with one attached hydrogen (secondary N) is 1. The van der Waals surface area contributed by atoms with E-state index >= 15 is 0 Å². The summed E-state index contributed by atoms with van der Waals surface area (Å²) >= 11 is 6.13. The Balaban J connectivity index is 0.00000288. The molecule has 0 aromatic heterocycles. The van der Waals surface area contributed by atoms with Gasteiger partial charge in [-0.15, -0.1) is 12.4 Å². The highest BCUT2D eigenvalue weighted by atomic mass is 35.5. The quantitative estimate of drug-likeness (QED) is 0.740. The van der Waals surface area contributed by atoms with Gasteiger partial charge in [0.2, 0.25) is 0 Å². The number of halogens is 2. The zero-order valence-electron chi connectivity index (χ0n) is 13.8. The van der Waals surface area contributed by atoms with Crippen LogP contribution in [-0.4, -0.2) is 24.9 Å². The smallest absolute Gasteiger partial charge is 0.161 e. The number of methoxy groups -OCH3 is 1. The van der Waals surface area contributed by atoms with Gasteiger partial charge in [-0.25, -0.2) is 0 Å². The molecule has 0 aliphatic heterocycles. The van der Waals surface area contributed by atoms with Crippen LogP contribution in [0.5, 0.6) is 11.5 Å². The van der Waals surface area contributed by atoms with Crippen LogP contribution in [0.25, 0.3) is 0 Å². The van der Waals surface area contributed by atoms with Crippen LogP contribution >= 0.6 is 24.0 Å². The van der Waals surface area contributed by atoms with Gasteiger partial charge < -0.3 is 19.9 Å². The molecule has 2 aromatic rings. The van der Waals surface area contributed by atoms with Crippen LogP contribution in [0.1, 0.15) is 18.1 Å². The Labute approximate surface area is 154 Å². The summed E-state index contributed by atoms with van der Waals surface area (Å²) in [6.07, 6.45) is -0.366. The maximum absolute atomic E-state index is 9.26. The lowest BCUT2D eigenvalue weighted by atomic mass is 10.2. The zero-order valence-corrected chi connectivity index (χ0v) is 15.4. The van der Waals surface area contributed by atoms with Gasteiger partial charge >= 0.3 is 0 Å². The van der Waals surface area contributed by atoms with Crippen LogP contribution in [-0.2, 0) is 13.2 Å². The number of rotatable bonds is 8. The summed E-state index contributed by atoms with van der Waals surface area (Å²) in [6.45, 7) is 3.34. The van der Waals surface area contributed by atoms with Crippen LogP contribution in [0, 0.1) is 0 Å². The Morgan fingerprint density at radius 2 is 1.92 bits per heavy atom. The highest BCUT2D eigenvalue weighted by Crippen LogP contribution is 2.29. The van der Waals surface area contributed by atoms with E-state index in [1.54, 1.807) is 14.0 Å². The van der Waals surface area contributed by atoms with Crippen molar-refractivity contribution in [2.45, 2.75) is 26.2 Å². The molecular formula is C18H23Cl2NO3. The topological polar surface area (TPSA) is 50.7 Å². The van der Waals surface area contributed by atoms with Gasteiger partial charge in [0.1, 0.15) is 6.61 Å². The average molecular weight is 372 g/mol. The van der Waals surface area contributed by atoms with Crippen molar-refractivity contribution in [2.24, 2.45) is 0 Å². The van der Waals surface area contributed by atoms with E-state index in [-0.39, 0.29) is 18.5 Å². The molecule has 4 nitrogen and oxygen atoms in total. The van der Waals surface area contributed by atoms with E-state index in [4.69, 9.17) is 21.1 Å². The van der Waals surface area contributed by atoms with E-state index in [1.165, 1.54) is 0 Å². The molecule has 0 fully saturated rings. The third kappa shape index (κ3) is 6.21. The molecule has 0 aliphatic rings. The predicted octanol–water partition coefficient (Wildman–Crippen LogP) is 3.82. The summed E-state index contributed by atoms with van der Waals surface area (Å²) < 4.78 is 11.2. The van der Waals surface area contributed by atoms with Crippen molar-refractivity contribution in [1.29, 1.82) is 0 Å². The SMILES string of the molecule is COc1cc(CNCC(C)O)ccc1OCc1ccccc1Cl.Cl. The molecule has 0 radical (unpaired) electrons. The summed E-state index contributed by atoms with van der Waals surface area (Å²) in [5.41, 5.74) is 1.99. The van der Waals surface area contributed by atoms with Crippen molar-refractivity contribution in [2.75, 3.05) is 13.7 Å². The Morgan fingerprint density at radius 1 is 1.17 bits per heavy atom. The van der Waals surface area contributed by atoms with Gasteiger partial charge in [-0.2, -0.15) is 0 Å². The molecule has 2 rings (SSSR count). The van der Waals surface area contributed by atoms with Crippen molar-refractivity contribution >= 4 is 24.0 Å². The van der Waals surface area contributed by atoms with E-state index in [0.29, 0.717) is 36.2 Å². The van der Waals surface area contributed by atoms with E-state index in [9.17, 15) is 5.11 Å². The second kappa shape index (κ2) is 10.4. The monoisotopic (exact) mass is 371 g/mol. The summed E-state index contributed by atoms with van der Waals surface area (Å²) in [6, 6.07) is 13.4. The van der Waals surface area contributed by atoms with Crippen molar-refractivity contribution in [1.82, 2.24) is 5.32 Å². The van der Waals surface area contributed by atoms with Gasteiger partial charge in [0, 0.05) is 23.7 Å². The molecule has 24 heavy (non-hydrogen) atoms. The number of hydrogen-bond donors (Lipinski definition) is 2. The van der Waals surface area contributed by atoms with E-state index in [1.807, 2.05) is 42.5 Å². The third-order valence-electron chi connectivity index (χ3n) is 3.34. The van der Waals surface area contributed by atoms with Crippen LogP contribution < -0.4 is 14.8 Å². The van der Waals surface area contributed by atoms with Crippen LogP contribution in [0.2, 0.25) is 5.02 Å². The molecule has 0 amide bonds. The minimum Gasteiger partial charge on any atom is -0.493 e. The first-order valence-corrected chi connectivity index (χ1v) is 7.90. The van der Waals surface area contributed by atoms with Gasteiger partial charge in [-0.05, 0) is 30.7 Å². The van der Waals surface area contributed by atoms with Crippen LogP contribution in [0.3, 0.4) is 0 Å². The molecule has 2 N–H and O–H groups in total. The maximum atomic E-state index is 9.26. The Bertz CT molecular complexity index is 635. The second-order valence-corrected chi connectivity index (χ2v) is 5.75. The molecule has 0 spiro atoms. The average Bonchev–Trinajstić information content (AvgIpc) is 2.54. The first-order valence-electron chi connectivity index (χ1n) is 7.52. The van der Waals surface area contributed by atoms with Gasteiger partial charge in [-0.1, -0.05) is 35.9 Å². The Hall–Kier alpha value is -1.46. The molecule has 6 heteroatoms. The summed E-state index contributed by atoms with van der Waals surface area (Å²) in [5, 5.41) is 13.1. The van der Waals surface area contributed by atoms with Gasteiger partial charge in [0.05, 0.1) is 13.2 Å². The lowest BCUT2D eigenvalue weighted by Crippen LogP contribution is -2.23. The standard InChI is InChI=1S/C18H22ClNO3.ClH/c1-13(21)10-20-11-14-7-8-17(18(9-14)22-2)23-12-15-5-3-4-6-16(15)19;/h3-9,13,20-21H,10-12H2,1-2H3;1H. The lowest BCUT2D eigenvalue weighted by molar-refractivity contribution is 0.191. The number of hydrogen-bond acceptors (Lipinski definition) is 4. The van der Waals surface area contributed by atoms with Gasteiger partial charge in [0.15, 0.2) is 11.5 Å². The summed E-state index contributed by atoms with van der Waals surface area (Å²) in [7, 11) is 1.62. The van der Waals surface area contributed by atoms with Crippen molar-refractivity contribution in [3.05, 3.63) is 58.6 Å². The largest absolute Gasteiger partial charge is 0.493 e. The molecule has 0 saturated heterocycles. The molecule has 132 valence electrons. The van der Waals surface area contributed by atoms with Crippen molar-refractivity contribution in [3.63, 3.8) is 0 Å². The van der Waals surface area contributed by atoms with Crippen LogP contribution in [0.4, 0.5) is 0 Å². The third-order valence-corrected chi connectivity index (χ3v) is 3.71. The fraction of sp³-hybridized carbons (Fsp3) is 0.333. The fourth-order valence-electron chi connectivity index (χ4n) is 2.14. The maximum Gasteiger partial charge on any atom is 0.161 e. The number of ether oxygens (including phenoxy) is 2. The normalized spacial score (nSPS) is 11.5. The van der Waals surface area contributed by atoms with E-state index in [2.05, 4.69) is 5.32 Å². The molecule has 1 unspecified atom stereocenters. The van der Waals surface area contributed by atoms with Gasteiger partial charge in [0.25, 0.3) is 0 Å².